The van der Waals surface area contributed by atoms with Crippen LogP contribution in [0.2, 0.25) is 0 Å². The third-order valence-electron chi connectivity index (χ3n) is 3.28. The van der Waals surface area contributed by atoms with Gasteiger partial charge in [0.15, 0.2) is 0 Å². The number of aromatic amines is 2. The summed E-state index contributed by atoms with van der Waals surface area (Å²) in [5, 5.41) is 8.76. The van der Waals surface area contributed by atoms with Crippen LogP contribution >= 0.6 is 0 Å². The summed E-state index contributed by atoms with van der Waals surface area (Å²) >= 11 is 0. The number of nitrogens with zero attached hydrogens (tertiary/aromatic N) is 1. The summed E-state index contributed by atoms with van der Waals surface area (Å²) in [4.78, 5) is 24.3. The molecule has 0 spiro atoms. The average molecular weight is 241 g/mol. The Balaban J connectivity index is 2.79. The summed E-state index contributed by atoms with van der Waals surface area (Å²) in [5.74, 6) is 0.115. The topological polar surface area (TPSA) is 117 Å². The van der Waals surface area contributed by atoms with Crippen LogP contribution < -0.4 is 22.3 Å². The van der Waals surface area contributed by atoms with Gasteiger partial charge in [-0.2, -0.15) is 0 Å². The first-order chi connectivity index (χ1) is 8.06. The van der Waals surface area contributed by atoms with Crippen LogP contribution in [0.1, 0.15) is 26.7 Å². The quantitative estimate of drug-likeness (QED) is 0.542. The summed E-state index contributed by atoms with van der Waals surface area (Å²) in [6.45, 7) is 5.21. The van der Waals surface area contributed by atoms with Crippen LogP contribution in [0.3, 0.4) is 0 Å². The molecule has 0 radical (unpaired) electrons. The number of nitrogens with one attached hydrogen (secondary N) is 3. The molecule has 0 bridgehead atoms. The van der Waals surface area contributed by atoms with Crippen LogP contribution in [0.4, 0.5) is 5.82 Å². The van der Waals surface area contributed by atoms with Crippen LogP contribution in [0.25, 0.3) is 0 Å². The Bertz CT molecular complexity index is 452. The summed E-state index contributed by atoms with van der Waals surface area (Å²) in [5.41, 5.74) is 4.56. The summed E-state index contributed by atoms with van der Waals surface area (Å²) in [7, 11) is 0. The van der Waals surface area contributed by atoms with Gasteiger partial charge in [-0.1, -0.05) is 13.8 Å². The summed E-state index contributed by atoms with van der Waals surface area (Å²) in [6, 6.07) is 0. The lowest BCUT2D eigenvalue weighted by Gasteiger charge is -2.30. The van der Waals surface area contributed by atoms with Crippen molar-refractivity contribution in [1.82, 2.24) is 15.2 Å². The molecule has 1 heterocycles. The van der Waals surface area contributed by atoms with E-state index >= 15 is 0 Å². The molecule has 1 rings (SSSR count). The van der Waals surface area contributed by atoms with Crippen molar-refractivity contribution in [2.45, 2.75) is 26.7 Å². The van der Waals surface area contributed by atoms with Gasteiger partial charge in [-0.05, 0) is 24.8 Å². The lowest BCUT2D eigenvalue weighted by molar-refractivity contribution is 0.294. The van der Waals surface area contributed by atoms with Crippen LogP contribution in [0.15, 0.2) is 9.59 Å². The number of nitrogens with two attached hydrogens (primary N) is 1. The predicted molar refractivity (Wildman–Crippen MR) is 66.0 cm³/mol. The average Bonchev–Trinajstić information content (AvgIpc) is 2.33. The minimum absolute atomic E-state index is 0.0513. The highest BCUT2D eigenvalue weighted by Gasteiger charge is 2.24. The zero-order valence-electron chi connectivity index (χ0n) is 10.2. The van der Waals surface area contributed by atoms with Gasteiger partial charge in [0.2, 0.25) is 5.82 Å². The van der Waals surface area contributed by atoms with Gasteiger partial charge in [-0.3, -0.25) is 9.78 Å². The fourth-order valence-corrected chi connectivity index (χ4v) is 1.60. The van der Waals surface area contributed by atoms with Gasteiger partial charge >= 0.3 is 5.69 Å². The number of anilines is 1. The van der Waals surface area contributed by atoms with E-state index in [4.69, 9.17) is 5.73 Å². The van der Waals surface area contributed by atoms with Crippen LogP contribution in [-0.4, -0.2) is 28.3 Å². The molecule has 0 aliphatic rings. The van der Waals surface area contributed by atoms with Crippen molar-refractivity contribution in [2.75, 3.05) is 18.4 Å². The molecule has 0 aromatic carbocycles. The highest BCUT2D eigenvalue weighted by molar-refractivity contribution is 5.29. The summed E-state index contributed by atoms with van der Waals surface area (Å²) in [6.07, 6.45) is 1.82. The standard InChI is InChI=1S/C10H19N5O2/c1-3-10(4-2,5-11)6-12-7-8(16)13-9(17)15-14-7/h3-6,11H2,1-2H3,(H,12,14)(H2,13,15,16,17). The van der Waals surface area contributed by atoms with Crippen molar-refractivity contribution in [1.29, 1.82) is 0 Å². The molecule has 0 amide bonds. The second-order valence-corrected chi connectivity index (χ2v) is 4.12. The molecule has 96 valence electrons. The van der Waals surface area contributed by atoms with Crippen molar-refractivity contribution in [3.05, 3.63) is 20.8 Å². The van der Waals surface area contributed by atoms with Crippen molar-refractivity contribution < 1.29 is 0 Å². The highest BCUT2D eigenvalue weighted by atomic mass is 16.2. The maximum atomic E-state index is 11.4. The first-order valence-electron chi connectivity index (χ1n) is 5.70. The molecule has 0 fully saturated rings. The molecule has 0 aliphatic heterocycles. The highest BCUT2D eigenvalue weighted by Crippen LogP contribution is 2.24. The largest absolute Gasteiger partial charge is 0.363 e. The lowest BCUT2D eigenvalue weighted by atomic mass is 9.82. The molecule has 5 N–H and O–H groups in total. The molecule has 17 heavy (non-hydrogen) atoms. The predicted octanol–water partition coefficient (Wildman–Crippen LogP) is -0.365. The Kier molecular flexibility index (Phi) is 4.45. The van der Waals surface area contributed by atoms with E-state index in [1.807, 2.05) is 0 Å². The second kappa shape index (κ2) is 5.62. The maximum Gasteiger partial charge on any atom is 0.342 e. The normalized spacial score (nSPS) is 11.5. The van der Waals surface area contributed by atoms with Crippen LogP contribution in [0, 0.1) is 5.41 Å². The van der Waals surface area contributed by atoms with Crippen LogP contribution in [0.5, 0.6) is 0 Å². The molecule has 0 unspecified atom stereocenters. The second-order valence-electron chi connectivity index (χ2n) is 4.12. The zero-order chi connectivity index (χ0) is 12.9. The van der Waals surface area contributed by atoms with Gasteiger partial charge in [0.05, 0.1) is 0 Å². The summed E-state index contributed by atoms with van der Waals surface area (Å²) < 4.78 is 0. The Hall–Kier alpha value is -1.63. The van der Waals surface area contributed by atoms with E-state index < -0.39 is 11.2 Å². The number of H-pyrrole nitrogens is 2. The Labute approximate surface area is 98.8 Å². The van der Waals surface area contributed by atoms with Gasteiger partial charge in [-0.15, -0.1) is 5.10 Å². The van der Waals surface area contributed by atoms with Gasteiger partial charge < -0.3 is 11.1 Å². The van der Waals surface area contributed by atoms with E-state index in [9.17, 15) is 9.59 Å². The van der Waals surface area contributed by atoms with Crippen molar-refractivity contribution in [3.63, 3.8) is 0 Å². The smallest absolute Gasteiger partial charge is 0.342 e. The SMILES string of the molecule is CCC(CC)(CN)CNc1n[nH]c(=O)[nH]c1=O. The lowest BCUT2D eigenvalue weighted by Crippen LogP contribution is -2.38. The zero-order valence-corrected chi connectivity index (χ0v) is 10.2. The van der Waals surface area contributed by atoms with Crippen molar-refractivity contribution >= 4 is 5.82 Å². The van der Waals surface area contributed by atoms with E-state index in [-0.39, 0.29) is 11.2 Å². The third-order valence-corrected chi connectivity index (χ3v) is 3.28. The minimum Gasteiger partial charge on any atom is -0.363 e. The molecular formula is C10H19N5O2. The van der Waals surface area contributed by atoms with E-state index in [1.165, 1.54) is 0 Å². The van der Waals surface area contributed by atoms with E-state index in [0.717, 1.165) is 12.8 Å². The number of hydrogen-bond acceptors (Lipinski definition) is 5. The van der Waals surface area contributed by atoms with Crippen LogP contribution in [-0.2, 0) is 0 Å². The molecule has 7 nitrogen and oxygen atoms in total. The van der Waals surface area contributed by atoms with E-state index in [0.29, 0.717) is 13.1 Å². The Morgan fingerprint density at radius 2 is 2.00 bits per heavy atom. The Morgan fingerprint density at radius 1 is 1.35 bits per heavy atom. The van der Waals surface area contributed by atoms with E-state index in [1.54, 1.807) is 0 Å². The van der Waals surface area contributed by atoms with Crippen molar-refractivity contribution in [3.8, 4) is 0 Å². The molecule has 0 aliphatic carbocycles. The van der Waals surface area contributed by atoms with Gasteiger partial charge in [0, 0.05) is 6.54 Å². The monoisotopic (exact) mass is 241 g/mol. The van der Waals surface area contributed by atoms with Crippen molar-refractivity contribution in [2.24, 2.45) is 11.1 Å². The minimum atomic E-state index is -0.614. The molecule has 0 saturated heterocycles. The van der Waals surface area contributed by atoms with E-state index in [2.05, 4.69) is 34.3 Å². The first-order valence-corrected chi connectivity index (χ1v) is 5.70. The molecule has 1 aromatic rings. The first kappa shape index (κ1) is 13.4. The Morgan fingerprint density at radius 3 is 2.47 bits per heavy atom. The molecule has 1 aromatic heterocycles. The third kappa shape index (κ3) is 3.16. The molecule has 0 atom stereocenters. The van der Waals surface area contributed by atoms with Gasteiger partial charge in [0.1, 0.15) is 0 Å². The number of rotatable bonds is 6. The molecular weight excluding hydrogens is 222 g/mol. The maximum absolute atomic E-state index is 11.4. The number of aromatic nitrogens is 3. The molecule has 7 heteroatoms. The fourth-order valence-electron chi connectivity index (χ4n) is 1.60. The van der Waals surface area contributed by atoms with Gasteiger partial charge in [-0.25, -0.2) is 9.89 Å². The molecule has 0 saturated carbocycles. The number of hydrogen-bond donors (Lipinski definition) is 4. The van der Waals surface area contributed by atoms with Gasteiger partial charge in [0.25, 0.3) is 5.56 Å². The fraction of sp³-hybridized carbons (Fsp3) is 0.700.